The van der Waals surface area contributed by atoms with E-state index in [0.717, 1.165) is 6.54 Å². The Balaban J connectivity index is 2.09. The van der Waals surface area contributed by atoms with Crippen LogP contribution in [0.5, 0.6) is 0 Å². The number of anilines is 1. The maximum atomic E-state index is 11.9. The molecule has 0 saturated carbocycles. The number of carbonyl (C=O) groups is 2. The number of aryl methyl sites for hydroxylation is 1. The van der Waals surface area contributed by atoms with E-state index in [1.165, 1.54) is 24.3 Å². The third kappa shape index (κ3) is 2.98. The molecule has 19 heavy (non-hydrogen) atoms. The summed E-state index contributed by atoms with van der Waals surface area (Å²) in [4.78, 5) is 22.6. The molecule has 2 rings (SSSR count). The quantitative estimate of drug-likeness (QED) is 0.877. The highest BCUT2D eigenvalue weighted by Gasteiger charge is 2.09. The van der Waals surface area contributed by atoms with Gasteiger partial charge in [-0.15, -0.1) is 0 Å². The van der Waals surface area contributed by atoms with Crippen LogP contribution in [-0.4, -0.2) is 26.8 Å². The Bertz CT molecular complexity index is 602. The first-order valence-electron chi connectivity index (χ1n) is 5.78. The Kier molecular flexibility index (Phi) is 3.61. The van der Waals surface area contributed by atoms with Crippen LogP contribution < -0.4 is 5.32 Å². The predicted molar refractivity (Wildman–Crippen MR) is 69.3 cm³/mol. The molecule has 2 N–H and O–H groups in total. The van der Waals surface area contributed by atoms with E-state index < -0.39 is 5.97 Å². The largest absolute Gasteiger partial charge is 0.478 e. The van der Waals surface area contributed by atoms with E-state index in [0.29, 0.717) is 11.4 Å². The van der Waals surface area contributed by atoms with Crippen LogP contribution >= 0.6 is 0 Å². The van der Waals surface area contributed by atoms with Crippen LogP contribution in [-0.2, 0) is 6.54 Å². The predicted octanol–water partition coefficient (Wildman–Crippen LogP) is 1.85. The van der Waals surface area contributed by atoms with E-state index in [4.69, 9.17) is 5.11 Å². The number of aromatic nitrogens is 2. The first-order chi connectivity index (χ1) is 9.10. The third-order valence-electron chi connectivity index (χ3n) is 2.60. The number of hydrogen-bond acceptors (Lipinski definition) is 3. The number of rotatable bonds is 4. The summed E-state index contributed by atoms with van der Waals surface area (Å²) < 4.78 is 1.70. The monoisotopic (exact) mass is 259 g/mol. The Morgan fingerprint density at radius 2 is 1.84 bits per heavy atom. The number of amides is 1. The number of aromatic carboxylic acids is 1. The van der Waals surface area contributed by atoms with Crippen molar-refractivity contribution in [2.24, 2.45) is 0 Å². The highest BCUT2D eigenvalue weighted by atomic mass is 16.4. The molecule has 0 radical (unpaired) electrons. The number of nitrogens with zero attached hydrogens (tertiary/aromatic N) is 2. The summed E-state index contributed by atoms with van der Waals surface area (Å²) in [6, 6.07) is 7.42. The van der Waals surface area contributed by atoms with Gasteiger partial charge in [0.25, 0.3) is 5.91 Å². The SMILES string of the molecule is CCn1ccc(NC(=O)c2ccc(C(=O)O)cc2)n1. The molecule has 0 fully saturated rings. The molecule has 0 aliphatic carbocycles. The van der Waals surface area contributed by atoms with E-state index in [1.54, 1.807) is 16.9 Å². The maximum Gasteiger partial charge on any atom is 0.335 e. The fourth-order valence-corrected chi connectivity index (χ4v) is 1.56. The van der Waals surface area contributed by atoms with Gasteiger partial charge in [0.1, 0.15) is 0 Å². The van der Waals surface area contributed by atoms with Gasteiger partial charge in [-0.05, 0) is 31.2 Å². The van der Waals surface area contributed by atoms with Crippen molar-refractivity contribution in [2.75, 3.05) is 5.32 Å². The maximum absolute atomic E-state index is 11.9. The number of carboxylic acid groups (broad SMARTS) is 1. The van der Waals surface area contributed by atoms with Gasteiger partial charge in [-0.25, -0.2) is 4.79 Å². The minimum absolute atomic E-state index is 0.145. The van der Waals surface area contributed by atoms with Crippen LogP contribution in [0.3, 0.4) is 0 Å². The first-order valence-corrected chi connectivity index (χ1v) is 5.78. The molecule has 0 saturated heterocycles. The van der Waals surface area contributed by atoms with Gasteiger partial charge in [0.15, 0.2) is 5.82 Å². The Labute approximate surface area is 109 Å². The van der Waals surface area contributed by atoms with E-state index >= 15 is 0 Å². The van der Waals surface area contributed by atoms with Crippen molar-refractivity contribution in [3.63, 3.8) is 0 Å². The molecular formula is C13H13N3O3. The van der Waals surface area contributed by atoms with Crippen LogP contribution in [0.25, 0.3) is 0 Å². The van der Waals surface area contributed by atoms with E-state index in [9.17, 15) is 9.59 Å². The Morgan fingerprint density at radius 3 is 2.37 bits per heavy atom. The molecule has 2 aromatic rings. The second-order valence-electron chi connectivity index (χ2n) is 3.89. The lowest BCUT2D eigenvalue weighted by molar-refractivity contribution is 0.0696. The van der Waals surface area contributed by atoms with Crippen LogP contribution in [0.1, 0.15) is 27.6 Å². The number of hydrogen-bond donors (Lipinski definition) is 2. The molecule has 0 spiro atoms. The van der Waals surface area contributed by atoms with E-state index in [2.05, 4.69) is 10.4 Å². The number of carboxylic acids is 1. The minimum atomic E-state index is -1.02. The minimum Gasteiger partial charge on any atom is -0.478 e. The molecule has 1 amide bonds. The van der Waals surface area contributed by atoms with Gasteiger partial charge in [-0.1, -0.05) is 0 Å². The topological polar surface area (TPSA) is 84.2 Å². The standard InChI is InChI=1S/C13H13N3O3/c1-2-16-8-7-11(15-16)14-12(17)9-3-5-10(6-4-9)13(18)19/h3-8H,2H2,1H3,(H,18,19)(H,14,15,17). The molecule has 0 aliphatic heterocycles. The average molecular weight is 259 g/mol. The number of benzene rings is 1. The average Bonchev–Trinajstić information content (AvgIpc) is 2.86. The van der Waals surface area contributed by atoms with E-state index in [1.807, 2.05) is 6.92 Å². The molecule has 1 aromatic carbocycles. The van der Waals surface area contributed by atoms with Crippen molar-refractivity contribution in [2.45, 2.75) is 13.5 Å². The summed E-state index contributed by atoms with van der Waals surface area (Å²) in [7, 11) is 0. The van der Waals surface area contributed by atoms with Gasteiger partial charge >= 0.3 is 5.97 Å². The molecule has 1 heterocycles. The van der Waals surface area contributed by atoms with Crippen LogP contribution in [0.2, 0.25) is 0 Å². The van der Waals surface area contributed by atoms with Crippen LogP contribution in [0.4, 0.5) is 5.82 Å². The second kappa shape index (κ2) is 5.34. The van der Waals surface area contributed by atoms with Gasteiger partial charge in [0, 0.05) is 24.4 Å². The zero-order valence-electron chi connectivity index (χ0n) is 10.3. The van der Waals surface area contributed by atoms with Gasteiger partial charge in [0.05, 0.1) is 5.56 Å². The fraction of sp³-hybridized carbons (Fsp3) is 0.154. The fourth-order valence-electron chi connectivity index (χ4n) is 1.56. The molecular weight excluding hydrogens is 246 g/mol. The van der Waals surface area contributed by atoms with Gasteiger partial charge in [-0.2, -0.15) is 5.10 Å². The summed E-state index contributed by atoms with van der Waals surface area (Å²) >= 11 is 0. The highest BCUT2D eigenvalue weighted by Crippen LogP contribution is 2.08. The molecule has 0 unspecified atom stereocenters. The molecule has 0 bridgehead atoms. The van der Waals surface area contributed by atoms with E-state index in [-0.39, 0.29) is 11.5 Å². The molecule has 6 heteroatoms. The summed E-state index contributed by atoms with van der Waals surface area (Å²) in [5.41, 5.74) is 0.530. The Hall–Kier alpha value is -2.63. The second-order valence-corrected chi connectivity index (χ2v) is 3.89. The zero-order valence-corrected chi connectivity index (χ0v) is 10.3. The lowest BCUT2D eigenvalue weighted by Crippen LogP contribution is -2.13. The molecule has 1 aromatic heterocycles. The van der Waals surface area contributed by atoms with Crippen molar-refractivity contribution < 1.29 is 14.7 Å². The highest BCUT2D eigenvalue weighted by molar-refractivity contribution is 6.04. The van der Waals surface area contributed by atoms with Crippen molar-refractivity contribution in [3.8, 4) is 0 Å². The van der Waals surface area contributed by atoms with Crippen molar-refractivity contribution in [1.29, 1.82) is 0 Å². The number of nitrogens with one attached hydrogen (secondary N) is 1. The van der Waals surface area contributed by atoms with Gasteiger partial charge in [-0.3, -0.25) is 9.48 Å². The molecule has 6 nitrogen and oxygen atoms in total. The lowest BCUT2D eigenvalue weighted by Gasteiger charge is -2.02. The normalized spacial score (nSPS) is 10.2. The molecule has 0 aliphatic rings. The molecule has 0 atom stereocenters. The van der Waals surface area contributed by atoms with Gasteiger partial charge < -0.3 is 10.4 Å². The summed E-state index contributed by atoms with van der Waals surface area (Å²) in [5.74, 6) is -0.874. The van der Waals surface area contributed by atoms with Crippen molar-refractivity contribution >= 4 is 17.7 Å². The van der Waals surface area contributed by atoms with Crippen molar-refractivity contribution in [1.82, 2.24) is 9.78 Å². The third-order valence-corrected chi connectivity index (χ3v) is 2.60. The van der Waals surface area contributed by atoms with Crippen LogP contribution in [0, 0.1) is 0 Å². The lowest BCUT2D eigenvalue weighted by atomic mass is 10.1. The zero-order chi connectivity index (χ0) is 13.8. The first kappa shape index (κ1) is 12.8. The summed E-state index contributed by atoms with van der Waals surface area (Å²) in [5, 5.41) is 15.5. The molecule has 98 valence electrons. The van der Waals surface area contributed by atoms with Gasteiger partial charge in [0.2, 0.25) is 0 Å². The Morgan fingerprint density at radius 1 is 1.21 bits per heavy atom. The van der Waals surface area contributed by atoms with Crippen molar-refractivity contribution in [3.05, 3.63) is 47.7 Å². The summed E-state index contributed by atoms with van der Waals surface area (Å²) in [6.07, 6.45) is 1.77. The smallest absolute Gasteiger partial charge is 0.335 e. The summed E-state index contributed by atoms with van der Waals surface area (Å²) in [6.45, 7) is 2.67. The number of carbonyl (C=O) groups excluding carboxylic acids is 1. The van der Waals surface area contributed by atoms with Crippen LogP contribution in [0.15, 0.2) is 36.5 Å².